The monoisotopic (exact) mass is 363 g/mol. The fourth-order valence-electron chi connectivity index (χ4n) is 1.76. The van der Waals surface area contributed by atoms with Crippen molar-refractivity contribution in [3.8, 4) is 0 Å². The van der Waals surface area contributed by atoms with Crippen molar-refractivity contribution in [2.45, 2.75) is 18.8 Å². The second-order valence-corrected chi connectivity index (χ2v) is 7.00. The van der Waals surface area contributed by atoms with Crippen LogP contribution in [0.5, 0.6) is 0 Å². The molecule has 0 aromatic carbocycles. The Morgan fingerprint density at radius 2 is 2.29 bits per heavy atom. The minimum absolute atomic E-state index is 0.0735. The molecule has 2 nitrogen and oxygen atoms in total. The van der Waals surface area contributed by atoms with Crippen LogP contribution in [0.1, 0.15) is 24.5 Å². The van der Waals surface area contributed by atoms with E-state index in [1.54, 1.807) is 0 Å². The third kappa shape index (κ3) is 1.39. The molecule has 0 atom stereocenters. The Morgan fingerprint density at radius 3 is 3.00 bits per heavy atom. The van der Waals surface area contributed by atoms with Gasteiger partial charge in [0.1, 0.15) is 0 Å². The summed E-state index contributed by atoms with van der Waals surface area (Å²) < 4.78 is 3.58. The van der Waals surface area contributed by atoms with E-state index in [1.807, 2.05) is 0 Å². The first-order valence-electron chi connectivity index (χ1n) is 4.63. The SMILES string of the molecule is Br[I-]c1nc2ccccn2c1C1CC1. The molecule has 1 aliphatic carbocycles. The van der Waals surface area contributed by atoms with Gasteiger partial charge in [-0.25, -0.2) is 0 Å². The van der Waals surface area contributed by atoms with Crippen LogP contribution in [-0.2, 0) is 0 Å². The van der Waals surface area contributed by atoms with Crippen LogP contribution in [0.4, 0.5) is 0 Å². The van der Waals surface area contributed by atoms with E-state index < -0.39 is 0 Å². The molecule has 0 bridgehead atoms. The van der Waals surface area contributed by atoms with Gasteiger partial charge in [-0.3, -0.25) is 0 Å². The zero-order valence-corrected chi connectivity index (χ0v) is 11.2. The van der Waals surface area contributed by atoms with Gasteiger partial charge in [0.05, 0.1) is 0 Å². The van der Waals surface area contributed by atoms with Crippen molar-refractivity contribution >= 4 is 18.3 Å². The number of imidazole rings is 1. The van der Waals surface area contributed by atoms with Crippen molar-refractivity contribution in [3.63, 3.8) is 0 Å². The van der Waals surface area contributed by atoms with Crippen molar-refractivity contribution in [2.75, 3.05) is 0 Å². The maximum absolute atomic E-state index is 4.66. The summed E-state index contributed by atoms with van der Waals surface area (Å²) in [6.45, 7) is 0. The summed E-state index contributed by atoms with van der Waals surface area (Å²) in [7, 11) is 0. The van der Waals surface area contributed by atoms with Crippen LogP contribution in [0.3, 0.4) is 0 Å². The second-order valence-electron chi connectivity index (χ2n) is 3.56. The molecule has 1 saturated carbocycles. The number of pyridine rings is 1. The van der Waals surface area contributed by atoms with Crippen molar-refractivity contribution in [3.05, 3.63) is 33.8 Å². The Labute approximate surface area is 98.7 Å². The van der Waals surface area contributed by atoms with Crippen LogP contribution in [0.25, 0.3) is 5.65 Å². The van der Waals surface area contributed by atoms with Crippen molar-refractivity contribution in [1.82, 2.24) is 9.38 Å². The van der Waals surface area contributed by atoms with E-state index in [0.29, 0.717) is 0 Å². The van der Waals surface area contributed by atoms with Gasteiger partial charge in [0.15, 0.2) is 0 Å². The van der Waals surface area contributed by atoms with Gasteiger partial charge in [-0.15, -0.1) is 0 Å². The van der Waals surface area contributed by atoms with Crippen LogP contribution in [0, 0.1) is 3.70 Å². The topological polar surface area (TPSA) is 17.3 Å². The molecule has 3 rings (SSSR count). The molecule has 74 valence electrons. The van der Waals surface area contributed by atoms with Crippen LogP contribution in [0.15, 0.2) is 24.4 Å². The van der Waals surface area contributed by atoms with Crippen LogP contribution in [0.2, 0.25) is 0 Å². The Bertz CT molecular complexity index is 476. The first-order valence-corrected chi connectivity index (χ1v) is 10.5. The van der Waals surface area contributed by atoms with Crippen molar-refractivity contribution in [2.24, 2.45) is 0 Å². The van der Waals surface area contributed by atoms with E-state index in [4.69, 9.17) is 0 Å². The molecule has 0 spiro atoms. The van der Waals surface area contributed by atoms with E-state index in [2.05, 4.69) is 46.5 Å². The molecule has 4 heteroatoms. The Balaban J connectivity index is 2.29. The van der Waals surface area contributed by atoms with Gasteiger partial charge in [0, 0.05) is 0 Å². The summed E-state index contributed by atoms with van der Waals surface area (Å²) in [5, 5.41) is 0. The Morgan fingerprint density at radius 1 is 1.43 bits per heavy atom. The average molecular weight is 364 g/mol. The minimum atomic E-state index is -0.0735. The summed E-state index contributed by atoms with van der Waals surface area (Å²) in [5.41, 5.74) is 2.56. The Hall–Kier alpha value is -0.1000. The zero-order valence-electron chi connectivity index (χ0n) is 7.45. The molecule has 2 heterocycles. The van der Waals surface area contributed by atoms with Gasteiger partial charge in [-0.05, 0) is 0 Å². The third-order valence-electron chi connectivity index (χ3n) is 2.55. The van der Waals surface area contributed by atoms with Gasteiger partial charge in [-0.1, -0.05) is 0 Å². The fourth-order valence-corrected chi connectivity index (χ4v) is 4.49. The van der Waals surface area contributed by atoms with Crippen LogP contribution in [-0.4, -0.2) is 9.38 Å². The van der Waals surface area contributed by atoms with Gasteiger partial charge in [-0.2, -0.15) is 0 Å². The standard InChI is InChI=1S/C10H9BrIN2/c11-12-10-9(7-4-5-7)14-6-2-1-3-8(14)13-10/h1-3,6-7H,4-5H2/q-1. The van der Waals surface area contributed by atoms with E-state index in [9.17, 15) is 0 Å². The van der Waals surface area contributed by atoms with E-state index in [0.717, 1.165) is 11.6 Å². The average Bonchev–Trinajstić information content (AvgIpc) is 2.98. The summed E-state index contributed by atoms with van der Waals surface area (Å²) in [6.07, 6.45) is 4.81. The van der Waals surface area contributed by atoms with E-state index in [-0.39, 0.29) is 19.0 Å². The van der Waals surface area contributed by atoms with Crippen molar-refractivity contribution in [1.29, 1.82) is 0 Å². The van der Waals surface area contributed by atoms with E-state index in [1.165, 1.54) is 22.2 Å². The molecule has 0 aliphatic heterocycles. The molecule has 0 amide bonds. The quantitative estimate of drug-likeness (QED) is 0.674. The van der Waals surface area contributed by atoms with Gasteiger partial charge < -0.3 is 0 Å². The number of fused-ring (bicyclic) bond motifs is 1. The summed E-state index contributed by atoms with van der Waals surface area (Å²) >= 11 is 3.54. The first-order chi connectivity index (χ1) is 6.90. The van der Waals surface area contributed by atoms with Crippen LogP contribution < -0.4 is 19.0 Å². The summed E-state index contributed by atoms with van der Waals surface area (Å²) in [5.74, 6) is 0.777. The summed E-state index contributed by atoms with van der Waals surface area (Å²) in [4.78, 5) is 4.66. The van der Waals surface area contributed by atoms with Gasteiger partial charge in [0.2, 0.25) is 0 Å². The molecular weight excluding hydrogens is 355 g/mol. The maximum atomic E-state index is 4.66. The molecule has 2 aromatic rings. The predicted molar refractivity (Wildman–Crippen MR) is 54.8 cm³/mol. The first kappa shape index (κ1) is 9.15. The zero-order chi connectivity index (χ0) is 9.54. The van der Waals surface area contributed by atoms with E-state index >= 15 is 0 Å². The molecule has 1 fully saturated rings. The van der Waals surface area contributed by atoms with Gasteiger partial charge >= 0.3 is 99.3 Å². The number of hydrogen-bond acceptors (Lipinski definition) is 1. The second kappa shape index (κ2) is 3.48. The number of aromatic nitrogens is 2. The number of nitrogens with zero attached hydrogens (tertiary/aromatic N) is 2. The predicted octanol–water partition coefficient (Wildman–Crippen LogP) is -0.220. The Kier molecular flexibility index (Phi) is 2.28. The fraction of sp³-hybridized carbons (Fsp3) is 0.300. The van der Waals surface area contributed by atoms with Crippen LogP contribution >= 0.6 is 12.7 Å². The molecule has 1 aliphatic rings. The molecule has 0 unspecified atom stereocenters. The molecule has 0 radical (unpaired) electrons. The number of halogens is 2. The molecular formula is C10H9BrIN2-. The number of rotatable bonds is 2. The van der Waals surface area contributed by atoms with Crippen molar-refractivity contribution < 1.29 is 19.0 Å². The molecule has 14 heavy (non-hydrogen) atoms. The molecule has 0 N–H and O–H groups in total. The molecule has 0 saturated heterocycles. The normalized spacial score (nSPS) is 16.6. The van der Waals surface area contributed by atoms with Gasteiger partial charge in [0.25, 0.3) is 0 Å². The third-order valence-corrected chi connectivity index (χ3v) is 5.64. The molecule has 2 aromatic heterocycles. The summed E-state index contributed by atoms with van der Waals surface area (Å²) in [6, 6.07) is 6.22. The number of hydrogen-bond donors (Lipinski definition) is 0.